The fourth-order valence-corrected chi connectivity index (χ4v) is 4.10. The Bertz CT molecular complexity index is 297. The van der Waals surface area contributed by atoms with Crippen molar-refractivity contribution in [2.75, 3.05) is 32.8 Å². The summed E-state index contributed by atoms with van der Waals surface area (Å²) < 4.78 is 5.97. The molecule has 21 heavy (non-hydrogen) atoms. The van der Waals surface area contributed by atoms with Crippen LogP contribution in [0.4, 0.5) is 0 Å². The van der Waals surface area contributed by atoms with Crippen molar-refractivity contribution in [3.05, 3.63) is 0 Å². The van der Waals surface area contributed by atoms with Crippen LogP contribution in [0.2, 0.25) is 0 Å². The number of rotatable bonds is 7. The van der Waals surface area contributed by atoms with E-state index in [0.29, 0.717) is 12.1 Å². The van der Waals surface area contributed by atoms with E-state index in [4.69, 9.17) is 4.74 Å². The molecule has 0 aromatic rings. The zero-order chi connectivity index (χ0) is 15.1. The van der Waals surface area contributed by atoms with Gasteiger partial charge in [-0.3, -0.25) is 4.90 Å². The van der Waals surface area contributed by atoms with Crippen LogP contribution in [0.3, 0.4) is 0 Å². The highest BCUT2D eigenvalue weighted by molar-refractivity contribution is 4.97. The van der Waals surface area contributed by atoms with Gasteiger partial charge in [-0.25, -0.2) is 0 Å². The maximum absolute atomic E-state index is 9.85. The van der Waals surface area contributed by atoms with E-state index < -0.39 is 0 Å². The molecule has 1 aliphatic carbocycles. The summed E-state index contributed by atoms with van der Waals surface area (Å²) in [6.45, 7) is 8.68. The molecule has 0 bridgehead atoms. The Morgan fingerprint density at radius 1 is 1.29 bits per heavy atom. The van der Waals surface area contributed by atoms with Gasteiger partial charge in [0.25, 0.3) is 0 Å². The maximum atomic E-state index is 9.85. The van der Waals surface area contributed by atoms with Crippen LogP contribution in [0.1, 0.15) is 58.8 Å². The highest BCUT2D eigenvalue weighted by Gasteiger charge is 2.38. The van der Waals surface area contributed by atoms with E-state index in [2.05, 4.69) is 24.1 Å². The second-order valence-electron chi connectivity index (χ2n) is 6.85. The highest BCUT2D eigenvalue weighted by Crippen LogP contribution is 2.32. The molecule has 4 heteroatoms. The quantitative estimate of drug-likeness (QED) is 0.756. The number of piperidine rings is 1. The number of hydrogen-bond donors (Lipinski definition) is 2. The third-order valence-corrected chi connectivity index (χ3v) is 5.16. The van der Waals surface area contributed by atoms with Crippen molar-refractivity contribution in [1.82, 2.24) is 10.2 Å². The van der Waals surface area contributed by atoms with Crippen molar-refractivity contribution < 1.29 is 9.84 Å². The molecule has 1 heterocycles. The number of ether oxygens (including phenoxy) is 1. The summed E-state index contributed by atoms with van der Waals surface area (Å²) in [5.41, 5.74) is -0.0467. The van der Waals surface area contributed by atoms with Gasteiger partial charge in [0.1, 0.15) is 0 Å². The number of hydrogen-bond acceptors (Lipinski definition) is 4. The molecule has 0 radical (unpaired) electrons. The Labute approximate surface area is 130 Å². The molecule has 4 nitrogen and oxygen atoms in total. The smallest absolute Gasteiger partial charge is 0.0702 e. The minimum atomic E-state index is -0.0467. The summed E-state index contributed by atoms with van der Waals surface area (Å²) in [7, 11) is 0. The first-order valence-corrected chi connectivity index (χ1v) is 8.94. The van der Waals surface area contributed by atoms with Crippen molar-refractivity contribution in [3.63, 3.8) is 0 Å². The van der Waals surface area contributed by atoms with Gasteiger partial charge >= 0.3 is 0 Å². The lowest BCUT2D eigenvalue weighted by atomic mass is 9.78. The van der Waals surface area contributed by atoms with Gasteiger partial charge in [-0.2, -0.15) is 0 Å². The second kappa shape index (κ2) is 8.47. The molecule has 3 unspecified atom stereocenters. The van der Waals surface area contributed by atoms with Gasteiger partial charge in [-0.05, 0) is 58.0 Å². The van der Waals surface area contributed by atoms with Crippen LogP contribution in [0.15, 0.2) is 0 Å². The molecule has 2 fully saturated rings. The Morgan fingerprint density at radius 2 is 2.14 bits per heavy atom. The van der Waals surface area contributed by atoms with Gasteiger partial charge in [0.15, 0.2) is 0 Å². The summed E-state index contributed by atoms with van der Waals surface area (Å²) in [6, 6.07) is 0.609. The van der Waals surface area contributed by atoms with E-state index in [-0.39, 0.29) is 12.1 Å². The van der Waals surface area contributed by atoms with E-state index in [9.17, 15) is 5.11 Å². The molecule has 0 amide bonds. The van der Waals surface area contributed by atoms with Crippen LogP contribution in [0, 0.1) is 0 Å². The standard InChI is InChI=1S/C17H34N2O2/c1-3-11-21-16-8-6-10-19(13-16)15-7-5-9-17(12-15,14-20)18-4-2/h15-16,18,20H,3-14H2,1-2H3. The molecular formula is C17H34N2O2. The lowest BCUT2D eigenvalue weighted by Gasteiger charge is -2.46. The second-order valence-corrected chi connectivity index (χ2v) is 6.85. The Balaban J connectivity index is 1.90. The van der Waals surface area contributed by atoms with Gasteiger partial charge in [0.2, 0.25) is 0 Å². The van der Waals surface area contributed by atoms with Crippen LogP contribution in [-0.2, 0) is 4.74 Å². The summed E-state index contributed by atoms with van der Waals surface area (Å²) in [6.07, 6.45) is 8.66. The maximum Gasteiger partial charge on any atom is 0.0702 e. The molecule has 0 spiro atoms. The highest BCUT2D eigenvalue weighted by atomic mass is 16.5. The Kier molecular flexibility index (Phi) is 6.93. The molecule has 1 saturated carbocycles. The van der Waals surface area contributed by atoms with Crippen LogP contribution >= 0.6 is 0 Å². The first-order chi connectivity index (χ1) is 10.2. The van der Waals surface area contributed by atoms with Crippen LogP contribution in [0.25, 0.3) is 0 Å². The predicted octanol–water partition coefficient (Wildman–Crippen LogP) is 2.16. The van der Waals surface area contributed by atoms with Gasteiger partial charge in [0.05, 0.1) is 12.7 Å². The fourth-order valence-electron chi connectivity index (χ4n) is 4.10. The van der Waals surface area contributed by atoms with E-state index in [1.807, 2.05) is 0 Å². The lowest BCUT2D eigenvalue weighted by molar-refractivity contribution is -0.0277. The summed E-state index contributed by atoms with van der Waals surface area (Å²) in [4.78, 5) is 2.63. The largest absolute Gasteiger partial charge is 0.394 e. The number of likely N-dealkylation sites (N-methyl/N-ethyl adjacent to an activating group) is 1. The Hall–Kier alpha value is -0.160. The third-order valence-electron chi connectivity index (χ3n) is 5.16. The third kappa shape index (κ3) is 4.65. The average molecular weight is 298 g/mol. The Morgan fingerprint density at radius 3 is 2.86 bits per heavy atom. The normalized spacial score (nSPS) is 35.0. The number of aliphatic hydroxyl groups excluding tert-OH is 1. The number of nitrogens with zero attached hydrogens (tertiary/aromatic N) is 1. The lowest BCUT2D eigenvalue weighted by Crippen LogP contribution is -2.57. The zero-order valence-electron chi connectivity index (χ0n) is 13.9. The minimum Gasteiger partial charge on any atom is -0.394 e. The molecule has 124 valence electrons. The predicted molar refractivity (Wildman–Crippen MR) is 86.6 cm³/mol. The van der Waals surface area contributed by atoms with Crippen molar-refractivity contribution >= 4 is 0 Å². The van der Waals surface area contributed by atoms with Gasteiger partial charge in [0, 0.05) is 24.7 Å². The van der Waals surface area contributed by atoms with Crippen LogP contribution in [0.5, 0.6) is 0 Å². The molecular weight excluding hydrogens is 264 g/mol. The van der Waals surface area contributed by atoms with Gasteiger partial charge in [-0.15, -0.1) is 0 Å². The van der Waals surface area contributed by atoms with Crippen molar-refractivity contribution in [3.8, 4) is 0 Å². The topological polar surface area (TPSA) is 44.7 Å². The van der Waals surface area contributed by atoms with Crippen LogP contribution in [-0.4, -0.2) is 60.5 Å². The molecule has 1 aliphatic heterocycles. The first kappa shape index (κ1) is 17.2. The van der Waals surface area contributed by atoms with Crippen molar-refractivity contribution in [2.45, 2.75) is 76.5 Å². The number of aliphatic hydroxyl groups is 1. The molecule has 2 N–H and O–H groups in total. The fraction of sp³-hybridized carbons (Fsp3) is 1.00. The summed E-state index contributed by atoms with van der Waals surface area (Å²) >= 11 is 0. The molecule has 1 saturated heterocycles. The van der Waals surface area contributed by atoms with E-state index in [0.717, 1.165) is 39.0 Å². The summed E-state index contributed by atoms with van der Waals surface area (Å²) in [5, 5.41) is 13.4. The minimum absolute atomic E-state index is 0.0467. The van der Waals surface area contributed by atoms with Gasteiger partial charge in [-0.1, -0.05) is 13.8 Å². The molecule has 0 aromatic heterocycles. The summed E-state index contributed by atoms with van der Waals surface area (Å²) in [5.74, 6) is 0. The van der Waals surface area contributed by atoms with Crippen molar-refractivity contribution in [2.24, 2.45) is 0 Å². The van der Waals surface area contributed by atoms with Crippen molar-refractivity contribution in [1.29, 1.82) is 0 Å². The molecule has 2 rings (SSSR count). The van der Waals surface area contributed by atoms with Crippen LogP contribution < -0.4 is 5.32 Å². The number of nitrogens with one attached hydrogen (secondary N) is 1. The van der Waals surface area contributed by atoms with Gasteiger partial charge < -0.3 is 15.2 Å². The zero-order valence-corrected chi connectivity index (χ0v) is 13.9. The SMILES string of the molecule is CCCOC1CCCN(C2CCCC(CO)(NCC)C2)C1. The first-order valence-electron chi connectivity index (χ1n) is 8.94. The number of likely N-dealkylation sites (tertiary alicyclic amines) is 1. The van der Waals surface area contributed by atoms with E-state index in [1.54, 1.807) is 0 Å². The molecule has 2 aliphatic rings. The molecule has 0 aromatic carbocycles. The monoisotopic (exact) mass is 298 g/mol. The average Bonchev–Trinajstić information content (AvgIpc) is 2.54. The van der Waals surface area contributed by atoms with E-state index >= 15 is 0 Å². The van der Waals surface area contributed by atoms with E-state index in [1.165, 1.54) is 32.2 Å². The molecule has 3 atom stereocenters.